The fourth-order valence-corrected chi connectivity index (χ4v) is 0.600. The number of nitrogens with one attached hydrogen (secondary N) is 1. The van der Waals surface area contributed by atoms with E-state index >= 15 is 0 Å². The average Bonchev–Trinajstić information content (AvgIpc) is 2.15. The normalized spacial score (nSPS) is 8.00. The standard InChI is InChI=1S/C3H4N4O2S.2K.2H/c8-2(9)1-7-3(10)4-5-6-7;;;;/h1H2,(H,8,9)(H,4,6,10);;;;/q;2*+1;2*-1. The summed E-state index contributed by atoms with van der Waals surface area (Å²) >= 11 is 4.60. The third-order valence-corrected chi connectivity index (χ3v) is 1.13. The Bertz CT molecular complexity index is 305. The molecule has 0 aromatic carbocycles. The number of aliphatic carboxylic acids is 1. The first-order valence-corrected chi connectivity index (χ1v) is 2.80. The molecule has 0 aliphatic heterocycles. The predicted octanol–water partition coefficient (Wildman–Crippen LogP) is -6.35. The molecular formula is C3H6K2N4O2S. The van der Waals surface area contributed by atoms with Gasteiger partial charge >= 0.3 is 109 Å². The molecule has 0 saturated carbocycles. The Morgan fingerprint density at radius 1 is 1.75 bits per heavy atom. The zero-order valence-corrected chi connectivity index (χ0v) is 13.9. The van der Waals surface area contributed by atoms with Crippen LogP contribution in [-0.2, 0) is 11.3 Å². The Hall–Kier alpha value is 2.03. The van der Waals surface area contributed by atoms with Crippen LogP contribution in [0.3, 0.4) is 0 Å². The fourth-order valence-electron chi connectivity index (χ4n) is 0.454. The van der Waals surface area contributed by atoms with Gasteiger partial charge < -0.3 is 7.96 Å². The van der Waals surface area contributed by atoms with Gasteiger partial charge in [-0.2, -0.15) is 5.21 Å². The van der Waals surface area contributed by atoms with E-state index in [1.54, 1.807) is 0 Å². The topological polar surface area (TPSA) is 83.8 Å². The van der Waals surface area contributed by atoms with E-state index in [0.29, 0.717) is 0 Å². The largest absolute Gasteiger partial charge is 1.00 e. The third kappa shape index (κ3) is 5.70. The molecule has 0 amide bonds. The van der Waals surface area contributed by atoms with Crippen molar-refractivity contribution in [3.8, 4) is 0 Å². The zero-order chi connectivity index (χ0) is 7.56. The minimum Gasteiger partial charge on any atom is -1.00 e. The van der Waals surface area contributed by atoms with Gasteiger partial charge in [-0.1, -0.05) is 10.3 Å². The average molecular weight is 240 g/mol. The summed E-state index contributed by atoms with van der Waals surface area (Å²) in [5, 5.41) is 17.2. The molecule has 0 aliphatic rings. The first kappa shape index (κ1) is 16.5. The van der Waals surface area contributed by atoms with Gasteiger partial charge in [0.2, 0.25) is 4.77 Å². The molecular weight excluding hydrogens is 234 g/mol. The number of tetrazole rings is 1. The second-order valence-electron chi connectivity index (χ2n) is 1.56. The molecule has 0 atom stereocenters. The maximum Gasteiger partial charge on any atom is 1.00 e. The van der Waals surface area contributed by atoms with E-state index in [2.05, 4.69) is 27.7 Å². The van der Waals surface area contributed by atoms with Gasteiger partial charge in [0, 0.05) is 0 Å². The van der Waals surface area contributed by atoms with Crippen LogP contribution in [0.5, 0.6) is 0 Å². The molecule has 0 unspecified atom stereocenters. The molecule has 9 heteroatoms. The van der Waals surface area contributed by atoms with E-state index in [0.717, 1.165) is 4.68 Å². The van der Waals surface area contributed by atoms with Crippen LogP contribution < -0.4 is 103 Å². The monoisotopic (exact) mass is 240 g/mol. The van der Waals surface area contributed by atoms with E-state index in [4.69, 9.17) is 5.11 Å². The molecule has 12 heavy (non-hydrogen) atoms. The summed E-state index contributed by atoms with van der Waals surface area (Å²) in [6.07, 6.45) is 0. The number of nitrogens with zero attached hydrogens (tertiary/aromatic N) is 3. The van der Waals surface area contributed by atoms with Gasteiger partial charge in [-0.25, -0.2) is 4.68 Å². The van der Waals surface area contributed by atoms with Crippen molar-refractivity contribution in [1.82, 2.24) is 20.2 Å². The maximum absolute atomic E-state index is 10.1. The van der Waals surface area contributed by atoms with Gasteiger partial charge in [-0.15, -0.1) is 0 Å². The predicted molar refractivity (Wildman–Crippen MR) is 35.1 cm³/mol. The second-order valence-corrected chi connectivity index (χ2v) is 1.93. The number of carbonyl (C=O) groups is 1. The van der Waals surface area contributed by atoms with Crippen molar-refractivity contribution >= 4 is 18.2 Å². The quantitative estimate of drug-likeness (QED) is 0.397. The van der Waals surface area contributed by atoms with E-state index in [-0.39, 0.29) is 117 Å². The molecule has 0 saturated heterocycles. The van der Waals surface area contributed by atoms with Crippen molar-refractivity contribution in [2.75, 3.05) is 0 Å². The van der Waals surface area contributed by atoms with Crippen LogP contribution in [0, 0.1) is 4.77 Å². The molecule has 1 aromatic heterocycles. The van der Waals surface area contributed by atoms with Gasteiger partial charge in [0.05, 0.1) is 0 Å². The van der Waals surface area contributed by atoms with Gasteiger partial charge in [0.15, 0.2) is 0 Å². The molecule has 0 spiro atoms. The summed E-state index contributed by atoms with van der Waals surface area (Å²) < 4.78 is 1.29. The molecule has 2 N–H and O–H groups in total. The minimum atomic E-state index is -0.984. The number of hydrogen-bond acceptors (Lipinski definition) is 4. The van der Waals surface area contributed by atoms with Crippen molar-refractivity contribution in [3.63, 3.8) is 0 Å². The van der Waals surface area contributed by atoms with Gasteiger partial charge in [-0.3, -0.25) is 4.79 Å². The Morgan fingerprint density at radius 2 is 2.33 bits per heavy atom. The molecule has 1 aromatic rings. The van der Waals surface area contributed by atoms with Crippen LogP contribution in [0.25, 0.3) is 0 Å². The van der Waals surface area contributed by atoms with E-state index in [1.807, 2.05) is 0 Å². The van der Waals surface area contributed by atoms with Crippen LogP contribution in [0.4, 0.5) is 0 Å². The van der Waals surface area contributed by atoms with Crippen LogP contribution in [-0.4, -0.2) is 31.3 Å². The van der Waals surface area contributed by atoms with Gasteiger partial charge in [0.1, 0.15) is 6.54 Å². The molecule has 0 aliphatic carbocycles. The fraction of sp³-hybridized carbons (Fsp3) is 0.333. The number of aromatic amines is 1. The van der Waals surface area contributed by atoms with E-state index < -0.39 is 5.97 Å². The molecule has 0 radical (unpaired) electrons. The van der Waals surface area contributed by atoms with Crippen LogP contribution in [0.2, 0.25) is 0 Å². The maximum atomic E-state index is 10.1. The summed E-state index contributed by atoms with van der Waals surface area (Å²) in [5.41, 5.74) is 0. The van der Waals surface area contributed by atoms with E-state index in [1.165, 1.54) is 0 Å². The van der Waals surface area contributed by atoms with Gasteiger partial charge in [0.25, 0.3) is 0 Å². The molecule has 1 rings (SSSR count). The number of carboxylic acid groups (broad SMARTS) is 1. The number of H-pyrrole nitrogens is 1. The second kappa shape index (κ2) is 8.35. The molecule has 1 heterocycles. The van der Waals surface area contributed by atoms with Crippen LogP contribution in [0.1, 0.15) is 2.85 Å². The Morgan fingerprint density at radius 3 is 2.67 bits per heavy atom. The number of rotatable bonds is 2. The Balaban J connectivity index is -0.000000125. The summed E-state index contributed by atoms with van der Waals surface area (Å²) in [6, 6.07) is 0. The van der Waals surface area contributed by atoms with E-state index in [9.17, 15) is 4.79 Å². The van der Waals surface area contributed by atoms with Crippen molar-refractivity contribution in [3.05, 3.63) is 4.77 Å². The molecule has 0 fully saturated rings. The minimum absolute atomic E-state index is 0. The summed E-state index contributed by atoms with van der Waals surface area (Å²) in [4.78, 5) is 10.1. The first-order valence-electron chi connectivity index (χ1n) is 2.40. The van der Waals surface area contributed by atoms with Crippen molar-refractivity contribution in [2.24, 2.45) is 0 Å². The van der Waals surface area contributed by atoms with Crippen LogP contribution >= 0.6 is 12.2 Å². The Labute approximate surface area is 161 Å². The Kier molecular flexibility index (Phi) is 11.5. The summed E-state index contributed by atoms with van der Waals surface area (Å²) in [7, 11) is 0. The smallest absolute Gasteiger partial charge is 1.00 e. The third-order valence-electron chi connectivity index (χ3n) is 0.825. The number of carboxylic acids is 1. The van der Waals surface area contributed by atoms with Crippen molar-refractivity contribution in [1.29, 1.82) is 0 Å². The SMILES string of the molecule is O=C(O)Cn1[nH]nnc1=S.[H-].[H-].[K+].[K+]. The van der Waals surface area contributed by atoms with Crippen molar-refractivity contribution in [2.45, 2.75) is 6.54 Å². The summed E-state index contributed by atoms with van der Waals surface area (Å²) in [5.74, 6) is -0.984. The van der Waals surface area contributed by atoms with Crippen LogP contribution in [0.15, 0.2) is 0 Å². The van der Waals surface area contributed by atoms with Crippen molar-refractivity contribution < 1.29 is 116 Å². The van der Waals surface area contributed by atoms with Gasteiger partial charge in [-0.05, 0) is 12.2 Å². The number of aromatic nitrogens is 4. The first-order chi connectivity index (χ1) is 4.70. The molecule has 58 valence electrons. The number of hydrogen-bond donors (Lipinski definition) is 2. The zero-order valence-electron chi connectivity index (χ0n) is 8.81. The molecule has 0 bridgehead atoms. The molecule has 6 nitrogen and oxygen atoms in total. The summed E-state index contributed by atoms with van der Waals surface area (Å²) in [6.45, 7) is -0.230.